The zero-order valence-electron chi connectivity index (χ0n) is 11.0. The molecule has 100 valence electrons. The van der Waals surface area contributed by atoms with E-state index in [1.807, 2.05) is 6.07 Å². The summed E-state index contributed by atoms with van der Waals surface area (Å²) in [5, 5.41) is 13.8. The topological polar surface area (TPSA) is 61.7 Å². The first-order valence-corrected chi connectivity index (χ1v) is 6.75. The van der Waals surface area contributed by atoms with E-state index >= 15 is 0 Å². The molecular weight excluding hydrogens is 240 g/mol. The molecule has 0 radical (unpaired) electrons. The number of hydrogen-bond acceptors (Lipinski definition) is 3. The van der Waals surface area contributed by atoms with Crippen molar-refractivity contribution in [3.05, 3.63) is 29.8 Å². The molecule has 3 rings (SSSR count). The van der Waals surface area contributed by atoms with Crippen molar-refractivity contribution in [3.8, 4) is 5.75 Å². The summed E-state index contributed by atoms with van der Waals surface area (Å²) in [6, 6.07) is 6.99. The third kappa shape index (κ3) is 2.11. The van der Waals surface area contributed by atoms with Crippen LogP contribution in [0.15, 0.2) is 29.4 Å². The highest BCUT2D eigenvalue weighted by molar-refractivity contribution is 6.01. The van der Waals surface area contributed by atoms with Crippen LogP contribution in [0.3, 0.4) is 0 Å². The number of para-hydroxylation sites is 1. The van der Waals surface area contributed by atoms with Gasteiger partial charge >= 0.3 is 0 Å². The van der Waals surface area contributed by atoms with Crippen LogP contribution in [0, 0.1) is 11.3 Å². The highest BCUT2D eigenvalue weighted by atomic mass is 16.3. The maximum absolute atomic E-state index is 12.0. The van der Waals surface area contributed by atoms with Gasteiger partial charge in [-0.1, -0.05) is 18.6 Å². The number of hydrazone groups is 1. The molecule has 1 aromatic rings. The summed E-state index contributed by atoms with van der Waals surface area (Å²) < 4.78 is 0. The molecule has 2 fully saturated rings. The van der Waals surface area contributed by atoms with Crippen molar-refractivity contribution in [2.75, 3.05) is 0 Å². The fourth-order valence-electron chi connectivity index (χ4n) is 2.96. The second-order valence-corrected chi connectivity index (χ2v) is 5.66. The molecule has 1 aromatic carbocycles. The summed E-state index contributed by atoms with van der Waals surface area (Å²) in [5.41, 5.74) is 4.22. The van der Waals surface area contributed by atoms with E-state index in [9.17, 15) is 9.90 Å². The van der Waals surface area contributed by atoms with Gasteiger partial charge in [-0.15, -0.1) is 0 Å². The quantitative estimate of drug-likeness (QED) is 0.646. The molecule has 1 spiro atoms. The van der Waals surface area contributed by atoms with E-state index in [1.165, 1.54) is 19.3 Å². The third-order valence-corrected chi connectivity index (χ3v) is 4.48. The average Bonchev–Trinajstić information content (AvgIpc) is 3.12. The minimum Gasteiger partial charge on any atom is -0.507 e. The van der Waals surface area contributed by atoms with Crippen LogP contribution in [0.2, 0.25) is 0 Å². The molecule has 0 bridgehead atoms. The fraction of sp³-hybridized carbons (Fsp3) is 0.467. The molecule has 0 saturated heterocycles. The molecule has 4 nitrogen and oxygen atoms in total. The van der Waals surface area contributed by atoms with Crippen molar-refractivity contribution in [1.82, 2.24) is 5.43 Å². The number of benzene rings is 1. The average molecular weight is 258 g/mol. The molecule has 2 aliphatic carbocycles. The number of hydrogen-bond donors (Lipinski definition) is 2. The van der Waals surface area contributed by atoms with Crippen LogP contribution < -0.4 is 5.43 Å². The molecule has 2 N–H and O–H groups in total. The molecule has 4 heteroatoms. The van der Waals surface area contributed by atoms with Gasteiger partial charge in [0, 0.05) is 11.5 Å². The lowest BCUT2D eigenvalue weighted by molar-refractivity contribution is -0.123. The molecule has 19 heavy (non-hydrogen) atoms. The monoisotopic (exact) mass is 258 g/mol. The maximum Gasteiger partial charge on any atom is 0.243 e. The second-order valence-electron chi connectivity index (χ2n) is 5.66. The third-order valence-electron chi connectivity index (χ3n) is 4.48. The number of phenolic OH excluding ortho intramolecular Hbond substituents is 1. The summed E-state index contributed by atoms with van der Waals surface area (Å²) in [5.74, 6) is 0.358. The van der Waals surface area contributed by atoms with Gasteiger partial charge in [-0.2, -0.15) is 5.10 Å². The molecule has 0 heterocycles. The minimum atomic E-state index is 0.0227. The Hall–Kier alpha value is -1.84. The molecule has 2 aliphatic rings. The van der Waals surface area contributed by atoms with Crippen LogP contribution >= 0.6 is 0 Å². The Morgan fingerprint density at radius 2 is 2.16 bits per heavy atom. The number of nitrogens with zero attached hydrogens (tertiary/aromatic N) is 1. The molecule has 0 aromatic heterocycles. The first-order chi connectivity index (χ1) is 9.12. The van der Waals surface area contributed by atoms with Crippen molar-refractivity contribution in [2.24, 2.45) is 16.4 Å². The maximum atomic E-state index is 12.0. The molecule has 1 amide bonds. The van der Waals surface area contributed by atoms with E-state index in [4.69, 9.17) is 0 Å². The van der Waals surface area contributed by atoms with Gasteiger partial charge in [0.25, 0.3) is 0 Å². The number of rotatable bonds is 3. The number of nitrogens with one attached hydrogen (secondary N) is 1. The number of carbonyl (C=O) groups excluding carboxylic acids is 1. The summed E-state index contributed by atoms with van der Waals surface area (Å²) in [6.45, 7) is 1.78. The van der Waals surface area contributed by atoms with Gasteiger partial charge in [0.05, 0.1) is 5.71 Å². The minimum absolute atomic E-state index is 0.0227. The van der Waals surface area contributed by atoms with Crippen LogP contribution in [0.1, 0.15) is 38.2 Å². The molecule has 2 saturated carbocycles. The number of phenols is 1. The van der Waals surface area contributed by atoms with Gasteiger partial charge in [-0.05, 0) is 43.7 Å². The lowest BCUT2D eigenvalue weighted by Gasteiger charge is -2.25. The van der Waals surface area contributed by atoms with Crippen LogP contribution in [0.25, 0.3) is 0 Å². The zero-order valence-corrected chi connectivity index (χ0v) is 11.0. The number of amides is 1. The Labute approximate surface area is 112 Å². The van der Waals surface area contributed by atoms with Crippen molar-refractivity contribution in [3.63, 3.8) is 0 Å². The van der Waals surface area contributed by atoms with Crippen molar-refractivity contribution in [1.29, 1.82) is 0 Å². The predicted molar refractivity (Wildman–Crippen MR) is 72.9 cm³/mol. The van der Waals surface area contributed by atoms with Gasteiger partial charge in [-0.3, -0.25) is 4.79 Å². The summed E-state index contributed by atoms with van der Waals surface area (Å²) in [6.07, 6.45) is 4.65. The summed E-state index contributed by atoms with van der Waals surface area (Å²) in [4.78, 5) is 12.0. The highest BCUT2D eigenvalue weighted by Gasteiger charge is 2.60. The van der Waals surface area contributed by atoms with Gasteiger partial charge in [0.15, 0.2) is 0 Å². The first-order valence-electron chi connectivity index (χ1n) is 6.75. The molecule has 1 unspecified atom stereocenters. The molecular formula is C15H18N2O2. The van der Waals surface area contributed by atoms with Crippen molar-refractivity contribution >= 4 is 11.6 Å². The van der Waals surface area contributed by atoms with Crippen LogP contribution in [-0.4, -0.2) is 16.7 Å². The number of aromatic hydroxyl groups is 1. The predicted octanol–water partition coefficient (Wildman–Crippen LogP) is 2.42. The Balaban J connectivity index is 1.63. The van der Waals surface area contributed by atoms with E-state index in [0.717, 1.165) is 6.42 Å². The smallest absolute Gasteiger partial charge is 0.243 e. The molecule has 0 aliphatic heterocycles. The zero-order chi connectivity index (χ0) is 13.5. The van der Waals surface area contributed by atoms with Gasteiger partial charge in [0.2, 0.25) is 5.91 Å². The van der Waals surface area contributed by atoms with E-state index in [1.54, 1.807) is 25.1 Å². The lowest BCUT2D eigenvalue weighted by atomic mass is 9.80. The largest absolute Gasteiger partial charge is 0.507 e. The Morgan fingerprint density at radius 3 is 2.74 bits per heavy atom. The van der Waals surface area contributed by atoms with E-state index in [0.29, 0.717) is 16.7 Å². The Kier molecular flexibility index (Phi) is 2.81. The van der Waals surface area contributed by atoms with Crippen LogP contribution in [0.5, 0.6) is 5.75 Å². The fourth-order valence-corrected chi connectivity index (χ4v) is 2.96. The highest BCUT2D eigenvalue weighted by Crippen LogP contribution is 2.65. The van der Waals surface area contributed by atoms with E-state index in [2.05, 4.69) is 10.5 Å². The van der Waals surface area contributed by atoms with Gasteiger partial charge in [-0.25, -0.2) is 5.43 Å². The van der Waals surface area contributed by atoms with Crippen molar-refractivity contribution < 1.29 is 9.90 Å². The van der Waals surface area contributed by atoms with E-state index in [-0.39, 0.29) is 17.6 Å². The normalized spacial score (nSPS) is 23.8. The van der Waals surface area contributed by atoms with E-state index < -0.39 is 0 Å². The summed E-state index contributed by atoms with van der Waals surface area (Å²) >= 11 is 0. The molecule has 1 atom stereocenters. The van der Waals surface area contributed by atoms with Gasteiger partial charge in [0.1, 0.15) is 5.75 Å². The Morgan fingerprint density at radius 1 is 1.42 bits per heavy atom. The standard InChI is InChI=1S/C15H18N2O2/c1-10(11-5-2-3-6-13(11)18)16-17-14(19)12-9-15(12)7-4-8-15/h2-3,5-6,12,18H,4,7-9H2,1H3,(H,17,19)/b16-10+. The van der Waals surface area contributed by atoms with Crippen molar-refractivity contribution in [2.45, 2.75) is 32.6 Å². The Bertz CT molecular complexity index is 547. The first kappa shape index (κ1) is 12.2. The lowest BCUT2D eigenvalue weighted by Crippen LogP contribution is -2.26. The summed E-state index contributed by atoms with van der Waals surface area (Å²) in [7, 11) is 0. The van der Waals surface area contributed by atoms with Gasteiger partial charge < -0.3 is 5.11 Å². The second kappa shape index (κ2) is 4.37. The van der Waals surface area contributed by atoms with Crippen LogP contribution in [0.4, 0.5) is 0 Å². The van der Waals surface area contributed by atoms with Crippen LogP contribution in [-0.2, 0) is 4.79 Å². The SMILES string of the molecule is C/C(=N\NC(=O)C1CC12CCC2)c1ccccc1O. The number of carbonyl (C=O) groups is 1.